The molecule has 0 fully saturated rings. The quantitative estimate of drug-likeness (QED) is 0.215. The molecule has 0 aliphatic carbocycles. The lowest BCUT2D eigenvalue weighted by atomic mass is 10.0. The molecule has 2 unspecified atom stereocenters. The highest BCUT2D eigenvalue weighted by Gasteiger charge is 2.35. The summed E-state index contributed by atoms with van der Waals surface area (Å²) >= 11 is 0. The van der Waals surface area contributed by atoms with E-state index in [9.17, 15) is 32.3 Å². The molecular formula is C35H47F3N6O5. The summed E-state index contributed by atoms with van der Waals surface area (Å²) < 4.78 is 46.2. The van der Waals surface area contributed by atoms with E-state index in [1.54, 1.807) is 20.8 Å². The second kappa shape index (κ2) is 16.5. The van der Waals surface area contributed by atoms with Crippen molar-refractivity contribution in [1.29, 1.82) is 0 Å². The number of hydrogen-bond donors (Lipinski definition) is 3. The van der Waals surface area contributed by atoms with Crippen molar-refractivity contribution in [2.75, 3.05) is 19.4 Å². The Balaban J connectivity index is 0.00000833. The average Bonchev–Trinajstić information content (AvgIpc) is 3.43. The normalized spacial score (nSPS) is 12.9. The number of ether oxygens (including phenoxy) is 1. The molecule has 3 N–H and O–H groups in total. The maximum absolute atomic E-state index is 13.6. The molecule has 0 spiro atoms. The number of aromatic nitrogens is 2. The maximum atomic E-state index is 13.6. The lowest BCUT2D eigenvalue weighted by molar-refractivity contribution is -0.137. The summed E-state index contributed by atoms with van der Waals surface area (Å²) in [5.74, 6) is -1.61. The van der Waals surface area contributed by atoms with Crippen LogP contribution in [0.3, 0.4) is 0 Å². The number of hydrogen-bond acceptors (Lipinski definition) is 6. The molecule has 1 heterocycles. The van der Waals surface area contributed by atoms with Gasteiger partial charge in [-0.25, -0.2) is 9.78 Å². The topological polar surface area (TPSA) is 135 Å². The predicted octanol–water partition coefficient (Wildman–Crippen LogP) is 5.97. The van der Waals surface area contributed by atoms with Crippen molar-refractivity contribution in [1.82, 2.24) is 25.1 Å². The Morgan fingerprint density at radius 2 is 1.55 bits per heavy atom. The van der Waals surface area contributed by atoms with E-state index in [1.807, 2.05) is 30.3 Å². The number of likely N-dealkylation sites (N-methyl/N-ethyl adjacent to an activating group) is 1. The first-order chi connectivity index (χ1) is 22.3. The van der Waals surface area contributed by atoms with E-state index in [4.69, 9.17) is 4.74 Å². The second-order valence-corrected chi connectivity index (χ2v) is 13.1. The van der Waals surface area contributed by atoms with Gasteiger partial charge in [-0.15, -0.1) is 0 Å². The first kappa shape index (κ1) is 40.3. The number of halogens is 3. The number of carbonyl (C=O) groups is 4. The molecule has 2 aromatic carbocycles. The molecule has 49 heavy (non-hydrogen) atoms. The zero-order valence-electron chi connectivity index (χ0n) is 28.1. The van der Waals surface area contributed by atoms with Crippen LogP contribution >= 0.6 is 0 Å². The number of amides is 4. The Labute approximate surface area is 285 Å². The van der Waals surface area contributed by atoms with Crippen molar-refractivity contribution < 1.29 is 37.1 Å². The number of benzene rings is 2. The SMILES string of the molecule is C.CN(C)C(=O)C(c1ccc(C(F)(F)F)cc1)n1cnc(NC(=O)C(CCCc2ccccc2)NC(=O)C(C)(C)NC(=O)OC(C)(C)C)c1. The summed E-state index contributed by atoms with van der Waals surface area (Å²) in [5, 5.41) is 7.93. The third kappa shape index (κ3) is 11.9. The molecule has 0 aliphatic rings. The Hall–Kier alpha value is -4.88. The fourth-order valence-corrected chi connectivity index (χ4v) is 4.68. The molecule has 0 aliphatic heterocycles. The van der Waals surface area contributed by atoms with E-state index in [1.165, 1.54) is 62.1 Å². The highest BCUT2D eigenvalue weighted by molar-refractivity contribution is 5.98. The number of alkyl carbamates (subject to hydrolysis) is 1. The first-order valence-electron chi connectivity index (χ1n) is 15.4. The summed E-state index contributed by atoms with van der Waals surface area (Å²) in [4.78, 5) is 58.0. The van der Waals surface area contributed by atoms with Gasteiger partial charge in [-0.1, -0.05) is 49.9 Å². The zero-order valence-corrected chi connectivity index (χ0v) is 28.1. The van der Waals surface area contributed by atoms with Gasteiger partial charge in [-0.05, 0) is 77.1 Å². The van der Waals surface area contributed by atoms with Crippen molar-refractivity contribution in [3.63, 3.8) is 0 Å². The van der Waals surface area contributed by atoms with Crippen LogP contribution in [0, 0.1) is 0 Å². The largest absolute Gasteiger partial charge is 0.444 e. The molecule has 268 valence electrons. The number of rotatable bonds is 12. The van der Waals surface area contributed by atoms with Crippen molar-refractivity contribution in [2.24, 2.45) is 0 Å². The number of imidazole rings is 1. The van der Waals surface area contributed by atoms with E-state index in [-0.39, 0.29) is 25.2 Å². The Morgan fingerprint density at radius 1 is 0.939 bits per heavy atom. The van der Waals surface area contributed by atoms with Crippen molar-refractivity contribution >= 4 is 29.6 Å². The van der Waals surface area contributed by atoms with Crippen LogP contribution in [0.25, 0.3) is 0 Å². The molecule has 2 atom stereocenters. The summed E-state index contributed by atoms with van der Waals surface area (Å²) in [6, 6.07) is 11.7. The van der Waals surface area contributed by atoms with Crippen LogP contribution in [0.2, 0.25) is 0 Å². The van der Waals surface area contributed by atoms with Gasteiger partial charge in [-0.2, -0.15) is 13.2 Å². The van der Waals surface area contributed by atoms with Crippen LogP contribution in [-0.2, 0) is 31.7 Å². The fraction of sp³-hybridized carbons (Fsp3) is 0.457. The van der Waals surface area contributed by atoms with Crippen LogP contribution < -0.4 is 16.0 Å². The molecule has 4 amide bonds. The standard InChI is InChI=1S/C34H43F3N6O5.CH4/c1-32(2,3)48-31(47)41-33(4,5)30(46)39-25(15-11-14-22-12-9-8-10-13-22)28(44)40-26-20-43(21-38-26)27(29(45)42(6)7)23-16-18-24(19-17-23)34(35,36)37;/h8-10,12-13,16-21,25,27H,11,14-15H2,1-7H3,(H,39,46)(H,40,44)(H,41,47);1H4. The number of aryl methyl sites for hydroxylation is 1. The van der Waals surface area contributed by atoms with E-state index in [0.29, 0.717) is 12.8 Å². The van der Waals surface area contributed by atoms with Gasteiger partial charge < -0.3 is 30.2 Å². The van der Waals surface area contributed by atoms with Gasteiger partial charge in [0.25, 0.3) is 0 Å². The molecule has 3 aromatic rings. The molecule has 0 bridgehead atoms. The molecule has 0 radical (unpaired) electrons. The number of nitrogens with zero attached hydrogens (tertiary/aromatic N) is 3. The van der Waals surface area contributed by atoms with Gasteiger partial charge in [0.1, 0.15) is 23.2 Å². The highest BCUT2D eigenvalue weighted by Crippen LogP contribution is 2.31. The van der Waals surface area contributed by atoms with Gasteiger partial charge in [0.05, 0.1) is 11.9 Å². The molecule has 11 nitrogen and oxygen atoms in total. The average molecular weight is 689 g/mol. The zero-order chi connectivity index (χ0) is 35.9. The summed E-state index contributed by atoms with van der Waals surface area (Å²) in [7, 11) is 3.03. The van der Waals surface area contributed by atoms with Gasteiger partial charge in [-0.3, -0.25) is 14.4 Å². The van der Waals surface area contributed by atoms with Crippen molar-refractivity contribution in [2.45, 2.75) is 90.7 Å². The molecule has 0 saturated carbocycles. The van der Waals surface area contributed by atoms with E-state index >= 15 is 0 Å². The Bertz CT molecular complexity index is 1560. The third-order valence-corrected chi connectivity index (χ3v) is 7.18. The maximum Gasteiger partial charge on any atom is 0.416 e. The van der Waals surface area contributed by atoms with Crippen LogP contribution in [0.5, 0.6) is 0 Å². The van der Waals surface area contributed by atoms with E-state index < -0.39 is 58.8 Å². The summed E-state index contributed by atoms with van der Waals surface area (Å²) in [6.45, 7) is 8.04. The van der Waals surface area contributed by atoms with Crippen LogP contribution in [0.4, 0.5) is 23.8 Å². The van der Waals surface area contributed by atoms with Gasteiger partial charge in [0.2, 0.25) is 17.7 Å². The fourth-order valence-electron chi connectivity index (χ4n) is 4.68. The smallest absolute Gasteiger partial charge is 0.416 e. The molecule has 14 heteroatoms. The van der Waals surface area contributed by atoms with Crippen molar-refractivity contribution in [3.05, 3.63) is 83.8 Å². The number of carbonyl (C=O) groups excluding carboxylic acids is 4. The molecule has 3 rings (SSSR count). The lowest BCUT2D eigenvalue weighted by Crippen LogP contribution is -2.58. The minimum atomic E-state index is -4.54. The van der Waals surface area contributed by atoms with E-state index in [0.717, 1.165) is 17.7 Å². The molecule has 0 saturated heterocycles. The second-order valence-electron chi connectivity index (χ2n) is 13.1. The van der Waals surface area contributed by atoms with Gasteiger partial charge >= 0.3 is 12.3 Å². The Morgan fingerprint density at radius 3 is 2.10 bits per heavy atom. The minimum Gasteiger partial charge on any atom is -0.444 e. The summed E-state index contributed by atoms with van der Waals surface area (Å²) in [6.07, 6.45) is -1.26. The molecule has 1 aromatic heterocycles. The lowest BCUT2D eigenvalue weighted by Gasteiger charge is -2.29. The van der Waals surface area contributed by atoms with Gasteiger partial charge in [0, 0.05) is 20.3 Å². The molecular weight excluding hydrogens is 641 g/mol. The van der Waals surface area contributed by atoms with Gasteiger partial charge in [0.15, 0.2) is 5.82 Å². The Kier molecular flexibility index (Phi) is 13.6. The first-order valence-corrected chi connectivity index (χ1v) is 15.4. The van der Waals surface area contributed by atoms with E-state index in [2.05, 4.69) is 20.9 Å². The van der Waals surface area contributed by atoms with Crippen LogP contribution in [-0.4, -0.2) is 69.5 Å². The number of nitrogens with one attached hydrogen (secondary N) is 3. The number of alkyl halides is 3. The third-order valence-electron chi connectivity index (χ3n) is 7.18. The minimum absolute atomic E-state index is 0. The van der Waals surface area contributed by atoms with Crippen LogP contribution in [0.1, 0.15) is 77.6 Å². The monoisotopic (exact) mass is 688 g/mol. The van der Waals surface area contributed by atoms with Crippen LogP contribution in [0.15, 0.2) is 67.1 Å². The summed E-state index contributed by atoms with van der Waals surface area (Å²) in [5.41, 5.74) is -1.76. The number of anilines is 1. The van der Waals surface area contributed by atoms with Crippen molar-refractivity contribution in [3.8, 4) is 0 Å². The highest BCUT2D eigenvalue weighted by atomic mass is 19.4. The predicted molar refractivity (Wildman–Crippen MR) is 181 cm³/mol.